The normalized spacial score (nSPS) is 26.5. The lowest BCUT2D eigenvalue weighted by Crippen LogP contribution is -2.34. The first kappa shape index (κ1) is 12.1. The average molecular weight is 217 g/mol. The molecule has 1 aliphatic rings. The van der Waals surface area contributed by atoms with Crippen molar-refractivity contribution < 1.29 is 18.0 Å². The van der Waals surface area contributed by atoms with E-state index in [2.05, 4.69) is 0 Å². The van der Waals surface area contributed by atoms with Gasteiger partial charge in [-0.1, -0.05) is 19.7 Å². The minimum atomic E-state index is -4.47. The Morgan fingerprint density at radius 2 is 2.20 bits per heavy atom. The average Bonchev–Trinajstić information content (AvgIpc) is 2.45. The summed E-state index contributed by atoms with van der Waals surface area (Å²) in [5, 5.41) is 7.67. The van der Waals surface area contributed by atoms with Gasteiger partial charge < -0.3 is 0 Å². The monoisotopic (exact) mass is 217 g/mol. The third-order valence-corrected chi connectivity index (χ3v) is 3.11. The zero-order chi connectivity index (χ0) is 11.7. The van der Waals surface area contributed by atoms with Crippen LogP contribution in [0.3, 0.4) is 0 Å². The van der Waals surface area contributed by atoms with Crippen LogP contribution in [-0.2, 0) is 4.79 Å². The number of hydrogen-bond donors (Lipinski definition) is 0. The van der Waals surface area contributed by atoms with Crippen molar-refractivity contribution in [2.45, 2.75) is 44.0 Å². The maximum absolute atomic E-state index is 12.1. The van der Waals surface area contributed by atoms with Crippen LogP contribution in [0.15, 0.2) is 0 Å². The van der Waals surface area contributed by atoms with Gasteiger partial charge in [0.25, 0.3) is 6.71 Å². The highest BCUT2D eigenvalue weighted by molar-refractivity contribution is 6.74. The fourth-order valence-electron chi connectivity index (χ4n) is 2.09. The predicted molar refractivity (Wildman–Crippen MR) is 49.5 cm³/mol. The highest BCUT2D eigenvalue weighted by Gasteiger charge is 2.50. The third-order valence-electron chi connectivity index (χ3n) is 3.11. The van der Waals surface area contributed by atoms with Crippen molar-refractivity contribution in [1.29, 1.82) is 5.26 Å². The zero-order valence-electron chi connectivity index (χ0n) is 8.40. The molecule has 82 valence electrons. The molecule has 1 aliphatic heterocycles. The van der Waals surface area contributed by atoms with Gasteiger partial charge in [0.05, 0.1) is 0 Å². The molecular weight excluding hydrogens is 206 g/mol. The number of hydrogen-bond acceptors (Lipinski definition) is 2. The summed E-state index contributed by atoms with van der Waals surface area (Å²) in [7, 11) is 0. The van der Waals surface area contributed by atoms with Crippen LogP contribution in [0.2, 0.25) is 11.6 Å². The van der Waals surface area contributed by atoms with Gasteiger partial charge in [-0.25, -0.2) is 5.26 Å². The molecule has 1 rings (SSSR count). The molecule has 0 aliphatic carbocycles. The number of alkyl halides is 3. The van der Waals surface area contributed by atoms with E-state index in [0.717, 1.165) is 0 Å². The topological polar surface area (TPSA) is 40.9 Å². The standard InChI is InChI=1S/C9H11BF3NO/c1-8(3-2-4-10(8)6-14)7(15)5-9(11,12)13/h2-5H2,1H3. The summed E-state index contributed by atoms with van der Waals surface area (Å²) < 4.78 is 36.2. The summed E-state index contributed by atoms with van der Waals surface area (Å²) in [4.78, 5) is 11.5. The third kappa shape index (κ3) is 2.52. The number of rotatable bonds is 2. The number of Topliss-reactive ketones (excluding diaryl/α,β-unsaturated/α-hetero) is 1. The fraction of sp³-hybridized carbons (Fsp3) is 0.778. The van der Waals surface area contributed by atoms with E-state index in [9.17, 15) is 18.0 Å². The minimum absolute atomic E-state index is 0.389. The van der Waals surface area contributed by atoms with Crippen LogP contribution in [0.1, 0.15) is 26.2 Å². The molecular formula is C9H11BF3NO. The first-order valence-corrected chi connectivity index (χ1v) is 4.79. The van der Waals surface area contributed by atoms with Gasteiger partial charge in [0.2, 0.25) is 0 Å². The summed E-state index contributed by atoms with van der Waals surface area (Å²) in [6.07, 6.45) is -4.32. The Kier molecular flexibility index (Phi) is 3.12. The molecule has 0 saturated carbocycles. The van der Waals surface area contributed by atoms with Gasteiger partial charge in [0, 0.05) is 11.3 Å². The predicted octanol–water partition coefficient (Wildman–Crippen LogP) is 2.62. The first-order chi connectivity index (χ1) is 6.79. The first-order valence-electron chi connectivity index (χ1n) is 4.79. The Bertz CT molecular complexity index is 309. The van der Waals surface area contributed by atoms with E-state index < -0.39 is 30.4 Å². The molecule has 0 N–H and O–H groups in total. The van der Waals surface area contributed by atoms with Crippen LogP contribution in [0, 0.1) is 11.2 Å². The Labute approximate surface area is 86.5 Å². The van der Waals surface area contributed by atoms with Gasteiger partial charge in [-0.15, -0.1) is 0 Å². The largest absolute Gasteiger partial charge is 0.395 e. The second-order valence-corrected chi connectivity index (χ2v) is 4.21. The number of carbonyl (C=O) groups excluding carboxylic acids is 1. The summed E-state index contributed by atoms with van der Waals surface area (Å²) in [6, 6.07) is 0. The van der Waals surface area contributed by atoms with Crippen molar-refractivity contribution in [1.82, 2.24) is 0 Å². The molecule has 1 unspecified atom stereocenters. The second-order valence-electron chi connectivity index (χ2n) is 4.21. The Morgan fingerprint density at radius 1 is 1.60 bits per heavy atom. The smallest absolute Gasteiger partial charge is 0.299 e. The fourth-order valence-corrected chi connectivity index (χ4v) is 2.09. The van der Waals surface area contributed by atoms with Gasteiger partial charge >= 0.3 is 6.18 Å². The van der Waals surface area contributed by atoms with Gasteiger partial charge in [-0.05, 0) is 6.42 Å². The molecule has 0 aromatic carbocycles. The molecule has 0 aromatic heterocycles. The van der Waals surface area contributed by atoms with Gasteiger partial charge in [-0.2, -0.15) is 13.2 Å². The number of nitriles is 1. The highest BCUT2D eigenvalue weighted by Crippen LogP contribution is 2.46. The van der Waals surface area contributed by atoms with E-state index in [1.165, 1.54) is 6.92 Å². The lowest BCUT2D eigenvalue weighted by Gasteiger charge is -2.24. The molecule has 15 heavy (non-hydrogen) atoms. The molecule has 1 atom stereocenters. The number of halogens is 3. The Balaban J connectivity index is 2.78. The van der Waals surface area contributed by atoms with E-state index in [4.69, 9.17) is 5.26 Å². The lowest BCUT2D eigenvalue weighted by atomic mass is 9.35. The summed E-state index contributed by atoms with van der Waals surface area (Å²) >= 11 is 0. The van der Waals surface area contributed by atoms with Gasteiger partial charge in [-0.3, -0.25) is 4.79 Å². The lowest BCUT2D eigenvalue weighted by molar-refractivity contribution is -0.154. The van der Waals surface area contributed by atoms with Gasteiger partial charge in [0.1, 0.15) is 12.2 Å². The molecule has 0 aromatic rings. The number of nitrogens with zero attached hydrogens (tertiary/aromatic N) is 1. The summed E-state index contributed by atoms with van der Waals surface area (Å²) in [6.45, 7) is 0.912. The molecule has 0 amide bonds. The zero-order valence-corrected chi connectivity index (χ0v) is 8.40. The SMILES string of the molecule is CC1(C(=O)CC(F)(F)F)CCCB1C#N. The molecule has 1 heterocycles. The van der Waals surface area contributed by atoms with Crippen LogP contribution in [0.25, 0.3) is 0 Å². The van der Waals surface area contributed by atoms with Crippen molar-refractivity contribution in [2.24, 2.45) is 0 Å². The molecule has 1 fully saturated rings. The number of carbonyl (C=O) groups is 1. The van der Waals surface area contributed by atoms with Crippen molar-refractivity contribution >= 4 is 12.5 Å². The van der Waals surface area contributed by atoms with Crippen molar-refractivity contribution in [3.05, 3.63) is 0 Å². The van der Waals surface area contributed by atoms with Crippen LogP contribution < -0.4 is 0 Å². The van der Waals surface area contributed by atoms with Crippen LogP contribution in [0.5, 0.6) is 0 Å². The highest BCUT2D eigenvalue weighted by atomic mass is 19.4. The second kappa shape index (κ2) is 3.88. The van der Waals surface area contributed by atoms with Crippen molar-refractivity contribution in [3.63, 3.8) is 0 Å². The molecule has 0 bridgehead atoms. The minimum Gasteiger partial charge on any atom is -0.299 e. The Morgan fingerprint density at radius 3 is 2.67 bits per heavy atom. The number of ketones is 1. The van der Waals surface area contributed by atoms with E-state index >= 15 is 0 Å². The van der Waals surface area contributed by atoms with Crippen molar-refractivity contribution in [3.8, 4) is 5.97 Å². The molecule has 6 heteroatoms. The van der Waals surface area contributed by atoms with E-state index in [0.29, 0.717) is 19.2 Å². The van der Waals surface area contributed by atoms with Crippen LogP contribution in [0.4, 0.5) is 13.2 Å². The molecule has 1 saturated heterocycles. The summed E-state index contributed by atoms with van der Waals surface area (Å²) in [5.74, 6) is 1.08. The molecule has 2 nitrogen and oxygen atoms in total. The Hall–Kier alpha value is -0.985. The summed E-state index contributed by atoms with van der Waals surface area (Å²) in [5.41, 5.74) is 0. The quantitative estimate of drug-likeness (QED) is 0.667. The molecule has 0 radical (unpaired) electrons. The molecule has 0 spiro atoms. The van der Waals surface area contributed by atoms with Crippen LogP contribution >= 0.6 is 0 Å². The maximum atomic E-state index is 12.1. The van der Waals surface area contributed by atoms with Crippen LogP contribution in [-0.4, -0.2) is 18.7 Å². The maximum Gasteiger partial charge on any atom is 0.395 e. The van der Waals surface area contributed by atoms with Gasteiger partial charge in [0.15, 0.2) is 0 Å². The van der Waals surface area contributed by atoms with E-state index in [1.807, 2.05) is 5.97 Å². The van der Waals surface area contributed by atoms with Crippen molar-refractivity contribution in [2.75, 3.05) is 0 Å². The van der Waals surface area contributed by atoms with E-state index in [-0.39, 0.29) is 0 Å². The van der Waals surface area contributed by atoms with E-state index in [1.54, 1.807) is 0 Å².